The van der Waals surface area contributed by atoms with Gasteiger partial charge in [-0.05, 0) is 60.5 Å². The van der Waals surface area contributed by atoms with Gasteiger partial charge in [0.15, 0.2) is 0 Å². The Labute approximate surface area is 153 Å². The zero-order valence-electron chi connectivity index (χ0n) is 14.3. The molecule has 0 aliphatic carbocycles. The molecule has 1 N–H and O–H groups in total. The van der Waals surface area contributed by atoms with Crippen molar-refractivity contribution in [2.75, 3.05) is 5.32 Å². The maximum absolute atomic E-state index is 13.7. The van der Waals surface area contributed by atoms with Crippen molar-refractivity contribution in [3.63, 3.8) is 0 Å². The fourth-order valence-electron chi connectivity index (χ4n) is 2.94. The highest BCUT2D eigenvalue weighted by Crippen LogP contribution is 2.29. The highest BCUT2D eigenvalue weighted by Gasteiger charge is 2.17. The van der Waals surface area contributed by atoms with E-state index in [0.29, 0.717) is 0 Å². The molecule has 0 spiro atoms. The van der Waals surface area contributed by atoms with Crippen molar-refractivity contribution in [1.29, 1.82) is 0 Å². The number of carbonyl (C=O) groups excluding carboxylic acids is 1. The zero-order valence-corrected chi connectivity index (χ0v) is 14.3. The normalized spacial score (nSPS) is 10.9. The summed E-state index contributed by atoms with van der Waals surface area (Å²) >= 11 is 0. The largest absolute Gasteiger partial charge is 0.464 e. The van der Waals surface area contributed by atoms with Crippen LogP contribution in [-0.4, -0.2) is 10.9 Å². The van der Waals surface area contributed by atoms with E-state index in [9.17, 15) is 13.6 Å². The number of hydrogen-bond acceptors (Lipinski definition) is 3. The molecule has 0 unspecified atom stereocenters. The third-order valence-corrected chi connectivity index (χ3v) is 4.31. The van der Waals surface area contributed by atoms with Crippen molar-refractivity contribution in [3.8, 4) is 11.1 Å². The minimum absolute atomic E-state index is 0.202. The molecule has 1 amide bonds. The average Bonchev–Trinajstić information content (AvgIpc) is 3.09. The number of aryl methyl sites for hydroxylation is 1. The number of amides is 1. The van der Waals surface area contributed by atoms with Crippen LogP contribution in [0.4, 0.5) is 14.6 Å². The maximum atomic E-state index is 13.7. The van der Waals surface area contributed by atoms with Crippen molar-refractivity contribution in [2.24, 2.45) is 0 Å². The Morgan fingerprint density at radius 2 is 1.85 bits per heavy atom. The molecule has 0 saturated heterocycles. The first-order valence-corrected chi connectivity index (χ1v) is 8.22. The summed E-state index contributed by atoms with van der Waals surface area (Å²) in [7, 11) is 0. The molecule has 0 fully saturated rings. The van der Waals surface area contributed by atoms with Gasteiger partial charge >= 0.3 is 0 Å². The SMILES string of the molecule is Cc1cc2occc2cc1-c1ccc(NC(=O)c2c(F)cccc2F)nc1. The van der Waals surface area contributed by atoms with Gasteiger partial charge in [-0.3, -0.25) is 4.79 Å². The average molecular weight is 364 g/mol. The summed E-state index contributed by atoms with van der Waals surface area (Å²) in [5.74, 6) is -2.53. The van der Waals surface area contributed by atoms with E-state index < -0.39 is 23.1 Å². The molecule has 4 aromatic rings. The lowest BCUT2D eigenvalue weighted by atomic mass is 10.0. The van der Waals surface area contributed by atoms with Crippen molar-refractivity contribution in [1.82, 2.24) is 4.98 Å². The van der Waals surface area contributed by atoms with E-state index in [-0.39, 0.29) is 5.82 Å². The van der Waals surface area contributed by atoms with Crippen molar-refractivity contribution in [3.05, 3.63) is 83.8 Å². The molecule has 0 bridgehead atoms. The van der Waals surface area contributed by atoms with Gasteiger partial charge in [-0.2, -0.15) is 0 Å². The van der Waals surface area contributed by atoms with Gasteiger partial charge in [0, 0.05) is 17.1 Å². The first kappa shape index (κ1) is 16.9. The van der Waals surface area contributed by atoms with Gasteiger partial charge in [-0.1, -0.05) is 6.07 Å². The summed E-state index contributed by atoms with van der Waals surface area (Å²) in [6.45, 7) is 1.97. The van der Waals surface area contributed by atoms with Crippen LogP contribution in [0.2, 0.25) is 0 Å². The molecule has 0 atom stereocenters. The fourth-order valence-corrected chi connectivity index (χ4v) is 2.94. The van der Waals surface area contributed by atoms with E-state index >= 15 is 0 Å². The predicted octanol–water partition coefficient (Wildman–Crippen LogP) is 5.33. The number of benzene rings is 2. The van der Waals surface area contributed by atoms with Crippen molar-refractivity contribution < 1.29 is 18.0 Å². The molecular formula is C21H14F2N2O2. The molecule has 0 aliphatic heterocycles. The molecule has 27 heavy (non-hydrogen) atoms. The Morgan fingerprint density at radius 3 is 2.56 bits per heavy atom. The molecule has 0 aliphatic rings. The molecule has 2 heterocycles. The summed E-state index contributed by atoms with van der Waals surface area (Å²) in [6, 6.07) is 12.5. The number of halogens is 2. The van der Waals surface area contributed by atoms with Crippen LogP contribution in [0.15, 0.2) is 65.4 Å². The first-order valence-electron chi connectivity index (χ1n) is 8.22. The van der Waals surface area contributed by atoms with Crippen LogP contribution in [0.25, 0.3) is 22.1 Å². The number of hydrogen-bond donors (Lipinski definition) is 1. The Hall–Kier alpha value is -3.54. The number of anilines is 1. The van der Waals surface area contributed by atoms with Crippen LogP contribution < -0.4 is 5.32 Å². The lowest BCUT2D eigenvalue weighted by Gasteiger charge is -2.09. The number of nitrogens with one attached hydrogen (secondary N) is 1. The highest BCUT2D eigenvalue weighted by atomic mass is 19.1. The lowest BCUT2D eigenvalue weighted by molar-refractivity contribution is 0.101. The molecule has 0 radical (unpaired) electrons. The number of rotatable bonds is 3. The Bertz CT molecular complexity index is 1130. The molecule has 0 saturated carbocycles. The van der Waals surface area contributed by atoms with E-state index in [1.807, 2.05) is 25.1 Å². The molecule has 4 nitrogen and oxygen atoms in total. The van der Waals surface area contributed by atoms with Crippen LogP contribution in [0.1, 0.15) is 15.9 Å². The van der Waals surface area contributed by atoms with Gasteiger partial charge in [-0.25, -0.2) is 13.8 Å². The fraction of sp³-hybridized carbons (Fsp3) is 0.0476. The molecule has 134 valence electrons. The summed E-state index contributed by atoms with van der Waals surface area (Å²) in [4.78, 5) is 16.3. The van der Waals surface area contributed by atoms with E-state index in [0.717, 1.165) is 39.8 Å². The summed E-state index contributed by atoms with van der Waals surface area (Å²) in [5.41, 5.74) is 3.02. The highest BCUT2D eigenvalue weighted by molar-refractivity contribution is 6.04. The van der Waals surface area contributed by atoms with Crippen molar-refractivity contribution >= 4 is 22.7 Å². The molecule has 2 aromatic carbocycles. The Balaban J connectivity index is 1.60. The Morgan fingerprint density at radius 1 is 1.07 bits per heavy atom. The summed E-state index contributed by atoms with van der Waals surface area (Å²) < 4.78 is 32.8. The standard InChI is InChI=1S/C21H14F2N2O2/c1-12-9-18-13(7-8-27-18)10-15(12)14-5-6-19(24-11-14)25-21(26)20-16(22)3-2-4-17(20)23/h2-11H,1H3,(H,24,25,26). The van der Waals surface area contributed by atoms with Crippen LogP contribution in [0.5, 0.6) is 0 Å². The summed E-state index contributed by atoms with van der Waals surface area (Å²) in [5, 5.41) is 3.39. The predicted molar refractivity (Wildman–Crippen MR) is 98.5 cm³/mol. The number of fused-ring (bicyclic) bond motifs is 1. The van der Waals surface area contributed by atoms with Gasteiger partial charge in [0.2, 0.25) is 0 Å². The van der Waals surface area contributed by atoms with Crippen LogP contribution in [0.3, 0.4) is 0 Å². The van der Waals surface area contributed by atoms with Crippen LogP contribution in [0, 0.1) is 18.6 Å². The third kappa shape index (κ3) is 3.17. The van der Waals surface area contributed by atoms with Gasteiger partial charge in [0.25, 0.3) is 5.91 Å². The molecule has 4 rings (SSSR count). The molecule has 6 heteroatoms. The van der Waals surface area contributed by atoms with Crippen molar-refractivity contribution in [2.45, 2.75) is 6.92 Å². The number of carbonyl (C=O) groups is 1. The van der Waals surface area contributed by atoms with Gasteiger partial charge < -0.3 is 9.73 Å². The zero-order chi connectivity index (χ0) is 19.0. The maximum Gasteiger partial charge on any atom is 0.262 e. The first-order chi connectivity index (χ1) is 13.0. The van der Waals surface area contributed by atoms with E-state index in [1.54, 1.807) is 24.6 Å². The van der Waals surface area contributed by atoms with Crippen LogP contribution >= 0.6 is 0 Å². The van der Waals surface area contributed by atoms with E-state index in [2.05, 4.69) is 10.3 Å². The van der Waals surface area contributed by atoms with E-state index in [4.69, 9.17) is 4.42 Å². The quantitative estimate of drug-likeness (QED) is 0.534. The Kier molecular flexibility index (Phi) is 4.16. The third-order valence-electron chi connectivity index (χ3n) is 4.31. The number of aromatic nitrogens is 1. The smallest absolute Gasteiger partial charge is 0.262 e. The van der Waals surface area contributed by atoms with Crippen LogP contribution in [-0.2, 0) is 0 Å². The minimum Gasteiger partial charge on any atom is -0.464 e. The van der Waals surface area contributed by atoms with Gasteiger partial charge in [-0.15, -0.1) is 0 Å². The number of furan rings is 1. The van der Waals surface area contributed by atoms with Gasteiger partial charge in [0.1, 0.15) is 28.6 Å². The molecule has 2 aromatic heterocycles. The summed E-state index contributed by atoms with van der Waals surface area (Å²) in [6.07, 6.45) is 3.23. The number of nitrogens with zero attached hydrogens (tertiary/aromatic N) is 1. The number of pyridine rings is 1. The van der Waals surface area contributed by atoms with E-state index in [1.165, 1.54) is 6.07 Å². The topological polar surface area (TPSA) is 55.1 Å². The lowest BCUT2D eigenvalue weighted by Crippen LogP contribution is -2.16. The second kappa shape index (κ2) is 6.64. The minimum atomic E-state index is -0.923. The second-order valence-electron chi connectivity index (χ2n) is 6.11. The monoisotopic (exact) mass is 364 g/mol. The van der Waals surface area contributed by atoms with Gasteiger partial charge in [0.05, 0.1) is 6.26 Å². The molecular weight excluding hydrogens is 350 g/mol. The second-order valence-corrected chi connectivity index (χ2v) is 6.11.